The molecule has 0 saturated carbocycles. The quantitative estimate of drug-likeness (QED) is 0.824. The van der Waals surface area contributed by atoms with Crippen LogP contribution in [-0.2, 0) is 16.0 Å². The fraction of sp³-hybridized carbons (Fsp3) is 0.421. The number of carbonyl (C=O) groups excluding carboxylic acids is 1. The van der Waals surface area contributed by atoms with Gasteiger partial charge in [0.1, 0.15) is 6.29 Å². The van der Waals surface area contributed by atoms with E-state index in [9.17, 15) is 4.79 Å². The predicted molar refractivity (Wildman–Crippen MR) is 88.0 cm³/mol. The molecule has 4 nitrogen and oxygen atoms in total. The van der Waals surface area contributed by atoms with E-state index in [0.717, 1.165) is 44.4 Å². The van der Waals surface area contributed by atoms with Crippen molar-refractivity contribution in [3.8, 4) is 0 Å². The van der Waals surface area contributed by atoms with Crippen LogP contribution in [0.5, 0.6) is 0 Å². The Morgan fingerprint density at radius 1 is 1.30 bits per heavy atom. The van der Waals surface area contributed by atoms with Gasteiger partial charge in [0.25, 0.3) is 0 Å². The molecule has 118 valence electrons. The number of carbonyl (C=O) groups is 1. The van der Waals surface area contributed by atoms with E-state index < -0.39 is 0 Å². The number of para-hydroxylation sites is 1. The number of ether oxygens (including phenoxy) is 1. The normalized spacial score (nSPS) is 29.9. The Balaban J connectivity index is 1.57. The number of nitrogens with one attached hydrogen (secondary N) is 1. The summed E-state index contributed by atoms with van der Waals surface area (Å²) in [5.74, 6) is 0.780. The van der Waals surface area contributed by atoms with Crippen molar-refractivity contribution in [1.29, 1.82) is 0 Å². The van der Waals surface area contributed by atoms with Crippen LogP contribution >= 0.6 is 0 Å². The Morgan fingerprint density at radius 2 is 2.22 bits per heavy atom. The van der Waals surface area contributed by atoms with E-state index in [0.29, 0.717) is 17.9 Å². The van der Waals surface area contributed by atoms with Crippen molar-refractivity contribution < 1.29 is 9.53 Å². The molecule has 4 heterocycles. The number of aldehydes is 1. The highest BCUT2D eigenvalue weighted by molar-refractivity contribution is 5.85. The summed E-state index contributed by atoms with van der Waals surface area (Å²) in [5, 5.41) is 1.36. The van der Waals surface area contributed by atoms with Gasteiger partial charge in [-0.05, 0) is 30.4 Å². The summed E-state index contributed by atoms with van der Waals surface area (Å²) >= 11 is 0. The summed E-state index contributed by atoms with van der Waals surface area (Å²) in [4.78, 5) is 17.6. The van der Waals surface area contributed by atoms with Gasteiger partial charge < -0.3 is 9.72 Å². The van der Waals surface area contributed by atoms with Crippen LogP contribution in [0.15, 0.2) is 36.1 Å². The van der Waals surface area contributed by atoms with Gasteiger partial charge in [-0.1, -0.05) is 18.2 Å². The van der Waals surface area contributed by atoms with Crippen molar-refractivity contribution in [2.45, 2.75) is 18.9 Å². The fourth-order valence-electron chi connectivity index (χ4n) is 4.76. The monoisotopic (exact) mass is 308 g/mol. The Labute approximate surface area is 135 Å². The molecule has 1 saturated heterocycles. The lowest BCUT2D eigenvalue weighted by atomic mass is 9.75. The Hall–Kier alpha value is -2.07. The maximum absolute atomic E-state index is 11.4. The van der Waals surface area contributed by atoms with Gasteiger partial charge in [0.2, 0.25) is 0 Å². The van der Waals surface area contributed by atoms with Crippen LogP contribution in [0.2, 0.25) is 0 Å². The third-order valence-electron chi connectivity index (χ3n) is 5.88. The Kier molecular flexibility index (Phi) is 2.89. The van der Waals surface area contributed by atoms with E-state index in [2.05, 4.69) is 34.1 Å². The average Bonchev–Trinajstić information content (AvgIpc) is 2.98. The van der Waals surface area contributed by atoms with Crippen LogP contribution < -0.4 is 0 Å². The fourth-order valence-corrected chi connectivity index (χ4v) is 4.76. The summed E-state index contributed by atoms with van der Waals surface area (Å²) in [6, 6.07) is 8.98. The molecule has 0 aliphatic carbocycles. The first-order valence-electron chi connectivity index (χ1n) is 8.45. The van der Waals surface area contributed by atoms with E-state index in [1.54, 1.807) is 6.26 Å². The molecule has 3 aliphatic heterocycles. The van der Waals surface area contributed by atoms with Crippen LogP contribution in [-0.4, -0.2) is 35.9 Å². The molecule has 23 heavy (non-hydrogen) atoms. The third kappa shape index (κ3) is 1.91. The summed E-state index contributed by atoms with van der Waals surface area (Å²) in [6.45, 7) is 2.86. The number of piperidine rings is 1. The minimum Gasteiger partial charge on any atom is -0.500 e. The standard InChI is InChI=1S/C19H20N2O2/c22-9-13-11-23-10-12-8-21-6-5-15-14-3-1-2-4-17(14)20-19(15)18(21)7-16(12)13/h1-4,9,11-12,16,18,20H,5-8,10H2. The van der Waals surface area contributed by atoms with E-state index in [1.807, 2.05) is 0 Å². The maximum atomic E-state index is 11.4. The highest BCUT2D eigenvalue weighted by Gasteiger charge is 2.42. The molecular weight excluding hydrogens is 288 g/mol. The van der Waals surface area contributed by atoms with Gasteiger partial charge in [-0.2, -0.15) is 0 Å². The van der Waals surface area contributed by atoms with Gasteiger partial charge in [-0.25, -0.2) is 0 Å². The molecule has 0 amide bonds. The second kappa shape index (κ2) is 4.96. The van der Waals surface area contributed by atoms with Crippen LogP contribution in [0.3, 0.4) is 0 Å². The number of aromatic nitrogens is 1. The lowest BCUT2D eigenvalue weighted by Gasteiger charge is -2.47. The van der Waals surface area contributed by atoms with Gasteiger partial charge in [0.15, 0.2) is 0 Å². The van der Waals surface area contributed by atoms with E-state index in [-0.39, 0.29) is 0 Å². The first kappa shape index (κ1) is 13.4. The number of benzene rings is 1. The van der Waals surface area contributed by atoms with Crippen molar-refractivity contribution >= 4 is 17.2 Å². The molecule has 2 aromatic rings. The molecular formula is C19H20N2O2. The molecule has 3 atom stereocenters. The van der Waals surface area contributed by atoms with Gasteiger partial charge in [-0.3, -0.25) is 9.69 Å². The highest BCUT2D eigenvalue weighted by Crippen LogP contribution is 2.45. The molecule has 1 fully saturated rings. The average molecular weight is 308 g/mol. The molecule has 1 aromatic heterocycles. The lowest BCUT2D eigenvalue weighted by Crippen LogP contribution is -2.48. The summed E-state index contributed by atoms with van der Waals surface area (Å²) in [6.07, 6.45) is 4.78. The first-order valence-corrected chi connectivity index (χ1v) is 8.45. The van der Waals surface area contributed by atoms with Gasteiger partial charge in [0.05, 0.1) is 18.9 Å². The molecule has 0 radical (unpaired) electrons. The number of rotatable bonds is 1. The topological polar surface area (TPSA) is 45.3 Å². The number of aromatic amines is 1. The first-order chi connectivity index (χ1) is 11.3. The molecule has 4 heteroatoms. The minimum absolute atomic E-state index is 0.333. The van der Waals surface area contributed by atoms with E-state index >= 15 is 0 Å². The highest BCUT2D eigenvalue weighted by atomic mass is 16.5. The second-order valence-corrected chi connectivity index (χ2v) is 6.99. The number of hydrogen-bond acceptors (Lipinski definition) is 3. The Bertz CT molecular complexity index is 807. The second-order valence-electron chi connectivity index (χ2n) is 6.99. The number of nitrogens with zero attached hydrogens (tertiary/aromatic N) is 1. The van der Waals surface area contributed by atoms with Crippen LogP contribution in [0.1, 0.15) is 23.7 Å². The van der Waals surface area contributed by atoms with Crippen molar-refractivity contribution in [3.05, 3.63) is 47.4 Å². The SMILES string of the molecule is O=CC1=COCC2CN3CCc4c([nH]c5ccccc45)C3CC12. The largest absolute Gasteiger partial charge is 0.500 e. The number of H-pyrrole nitrogens is 1. The molecule has 5 rings (SSSR count). The summed E-state index contributed by atoms with van der Waals surface area (Å²) in [5.41, 5.74) is 4.92. The minimum atomic E-state index is 0.333. The maximum Gasteiger partial charge on any atom is 0.149 e. The van der Waals surface area contributed by atoms with E-state index in [1.165, 1.54) is 22.2 Å². The zero-order chi connectivity index (χ0) is 15.4. The molecule has 0 bridgehead atoms. The van der Waals surface area contributed by atoms with Crippen molar-refractivity contribution in [1.82, 2.24) is 9.88 Å². The number of hydrogen-bond donors (Lipinski definition) is 1. The summed E-state index contributed by atoms with van der Waals surface area (Å²) in [7, 11) is 0. The molecule has 3 aliphatic rings. The predicted octanol–water partition coefficient (Wildman–Crippen LogP) is 2.82. The van der Waals surface area contributed by atoms with Crippen molar-refractivity contribution in [3.63, 3.8) is 0 Å². The zero-order valence-electron chi connectivity index (χ0n) is 13.0. The summed E-state index contributed by atoms with van der Waals surface area (Å²) < 4.78 is 5.51. The Morgan fingerprint density at radius 3 is 3.13 bits per heavy atom. The number of fused-ring (bicyclic) bond motifs is 6. The van der Waals surface area contributed by atoms with Crippen LogP contribution in [0.4, 0.5) is 0 Å². The van der Waals surface area contributed by atoms with Crippen LogP contribution in [0, 0.1) is 11.8 Å². The van der Waals surface area contributed by atoms with E-state index in [4.69, 9.17) is 4.74 Å². The van der Waals surface area contributed by atoms with Gasteiger partial charge >= 0.3 is 0 Å². The molecule has 1 aromatic carbocycles. The third-order valence-corrected chi connectivity index (χ3v) is 5.88. The van der Waals surface area contributed by atoms with Crippen molar-refractivity contribution in [2.24, 2.45) is 11.8 Å². The van der Waals surface area contributed by atoms with Gasteiger partial charge in [-0.15, -0.1) is 0 Å². The number of allylic oxidation sites excluding steroid dienone is 1. The lowest BCUT2D eigenvalue weighted by molar-refractivity contribution is -0.106. The zero-order valence-corrected chi connectivity index (χ0v) is 13.0. The van der Waals surface area contributed by atoms with Gasteiger partial charge in [0, 0.05) is 41.2 Å². The van der Waals surface area contributed by atoms with Crippen molar-refractivity contribution in [2.75, 3.05) is 19.7 Å². The molecule has 3 unspecified atom stereocenters. The molecule has 1 N–H and O–H groups in total. The smallest absolute Gasteiger partial charge is 0.149 e. The van der Waals surface area contributed by atoms with Crippen LogP contribution in [0.25, 0.3) is 10.9 Å². The molecule has 0 spiro atoms.